The van der Waals surface area contributed by atoms with Gasteiger partial charge < -0.3 is 0 Å². The number of fused-ring (bicyclic) bond motifs is 2. The lowest BCUT2D eigenvalue weighted by molar-refractivity contribution is 0.576. The van der Waals surface area contributed by atoms with E-state index in [4.69, 9.17) is 0 Å². The van der Waals surface area contributed by atoms with Crippen LogP contribution in [0, 0.1) is 13.8 Å². The van der Waals surface area contributed by atoms with Crippen LogP contribution >= 0.6 is 11.3 Å². The Morgan fingerprint density at radius 1 is 0.640 bits per heavy atom. The summed E-state index contributed by atoms with van der Waals surface area (Å²) in [6.07, 6.45) is 12.5. The fraction of sp³-hybridized carbons (Fsp3) is 0.500. The van der Waals surface area contributed by atoms with E-state index in [2.05, 4.69) is 51.1 Å². The average Bonchev–Trinajstić information content (AvgIpc) is 2.98. The second-order valence-corrected chi connectivity index (χ2v) is 8.78. The Morgan fingerprint density at radius 3 is 1.92 bits per heavy atom. The van der Waals surface area contributed by atoms with E-state index in [9.17, 15) is 0 Å². The van der Waals surface area contributed by atoms with Crippen molar-refractivity contribution in [1.82, 2.24) is 0 Å². The highest BCUT2D eigenvalue weighted by molar-refractivity contribution is 7.19. The highest BCUT2D eigenvalue weighted by atomic mass is 32.1. The van der Waals surface area contributed by atoms with Gasteiger partial charge in [0.1, 0.15) is 0 Å². The summed E-state index contributed by atoms with van der Waals surface area (Å²) < 4.78 is 1.45. The van der Waals surface area contributed by atoms with Crippen LogP contribution in [-0.2, 0) is 6.42 Å². The first-order valence-corrected chi connectivity index (χ1v) is 10.9. The summed E-state index contributed by atoms with van der Waals surface area (Å²) in [5.41, 5.74) is 2.78. The molecule has 0 saturated heterocycles. The first kappa shape index (κ1) is 18.5. The van der Waals surface area contributed by atoms with Crippen LogP contribution in [0.4, 0.5) is 0 Å². The molecule has 1 heteroatoms. The molecule has 0 nitrogen and oxygen atoms in total. The normalized spacial score (nSPS) is 11.6. The highest BCUT2D eigenvalue weighted by Gasteiger charge is 2.05. The lowest BCUT2D eigenvalue weighted by atomic mass is 10.0. The number of hydrogen-bond acceptors (Lipinski definition) is 1. The van der Waals surface area contributed by atoms with Crippen molar-refractivity contribution in [2.45, 2.75) is 78.6 Å². The molecular weight excluding hydrogens is 320 g/mol. The molecule has 134 valence electrons. The predicted molar refractivity (Wildman–Crippen MR) is 115 cm³/mol. The van der Waals surface area contributed by atoms with Gasteiger partial charge in [0.15, 0.2) is 0 Å². The van der Waals surface area contributed by atoms with Gasteiger partial charge in [0.2, 0.25) is 0 Å². The van der Waals surface area contributed by atoms with Crippen molar-refractivity contribution >= 4 is 32.2 Å². The Balaban J connectivity index is 1.57. The zero-order valence-corrected chi connectivity index (χ0v) is 17.0. The summed E-state index contributed by atoms with van der Waals surface area (Å²) >= 11 is 2.00. The molecule has 0 radical (unpaired) electrons. The van der Waals surface area contributed by atoms with Crippen molar-refractivity contribution in [3.63, 3.8) is 0 Å². The zero-order valence-electron chi connectivity index (χ0n) is 16.2. The monoisotopic (exact) mass is 352 g/mol. The van der Waals surface area contributed by atoms with Crippen LogP contribution in [0.2, 0.25) is 0 Å². The Hall–Kier alpha value is -1.34. The fourth-order valence-corrected chi connectivity index (χ4v) is 4.81. The molecule has 0 amide bonds. The number of thiophene rings is 1. The smallest absolute Gasteiger partial charge is 0.0352 e. The SMILES string of the molecule is CCCCCCCCCCc1cc2cc3cc(C)c(C)cc3cc2s1. The van der Waals surface area contributed by atoms with Crippen LogP contribution in [0.3, 0.4) is 0 Å². The van der Waals surface area contributed by atoms with Gasteiger partial charge in [-0.05, 0) is 72.2 Å². The molecule has 1 aromatic heterocycles. The molecule has 1 heterocycles. The van der Waals surface area contributed by atoms with Crippen LogP contribution in [-0.4, -0.2) is 0 Å². The van der Waals surface area contributed by atoms with E-state index >= 15 is 0 Å². The summed E-state index contributed by atoms with van der Waals surface area (Å²) in [4.78, 5) is 1.56. The third kappa shape index (κ3) is 4.85. The number of benzene rings is 2. The van der Waals surface area contributed by atoms with Crippen molar-refractivity contribution in [2.24, 2.45) is 0 Å². The van der Waals surface area contributed by atoms with Gasteiger partial charge in [-0.25, -0.2) is 0 Å². The maximum atomic E-state index is 2.43. The van der Waals surface area contributed by atoms with E-state index in [-0.39, 0.29) is 0 Å². The zero-order chi connectivity index (χ0) is 17.6. The van der Waals surface area contributed by atoms with Gasteiger partial charge in [0, 0.05) is 9.58 Å². The Labute approximate surface area is 157 Å². The van der Waals surface area contributed by atoms with Crippen LogP contribution in [0.1, 0.15) is 74.3 Å². The van der Waals surface area contributed by atoms with Gasteiger partial charge in [-0.1, -0.05) is 64.0 Å². The minimum Gasteiger partial charge on any atom is -0.140 e. The minimum absolute atomic E-state index is 1.25. The van der Waals surface area contributed by atoms with Crippen LogP contribution < -0.4 is 0 Å². The molecule has 0 spiro atoms. The molecule has 2 aromatic carbocycles. The molecule has 0 atom stereocenters. The summed E-state index contributed by atoms with van der Waals surface area (Å²) in [7, 11) is 0. The predicted octanol–water partition coefficient (Wildman–Crippen LogP) is 8.35. The summed E-state index contributed by atoms with van der Waals surface area (Å²) in [6.45, 7) is 6.71. The van der Waals surface area contributed by atoms with Crippen molar-refractivity contribution in [1.29, 1.82) is 0 Å². The second-order valence-electron chi connectivity index (χ2n) is 7.61. The Bertz CT molecular complexity index is 766. The number of unbranched alkanes of at least 4 members (excludes halogenated alkanes) is 7. The van der Waals surface area contributed by atoms with Gasteiger partial charge >= 0.3 is 0 Å². The molecule has 0 saturated carbocycles. The van der Waals surface area contributed by atoms with Gasteiger partial charge in [0.25, 0.3) is 0 Å². The summed E-state index contributed by atoms with van der Waals surface area (Å²) in [6, 6.07) is 11.9. The first-order valence-electron chi connectivity index (χ1n) is 10.1. The average molecular weight is 353 g/mol. The van der Waals surface area contributed by atoms with Crippen molar-refractivity contribution in [3.05, 3.63) is 46.3 Å². The van der Waals surface area contributed by atoms with Gasteiger partial charge in [-0.15, -0.1) is 11.3 Å². The summed E-state index contributed by atoms with van der Waals surface area (Å²) in [5, 5.41) is 4.19. The number of aryl methyl sites for hydroxylation is 3. The van der Waals surface area contributed by atoms with E-state index in [1.54, 1.807) is 4.88 Å². The molecule has 0 N–H and O–H groups in total. The van der Waals surface area contributed by atoms with Crippen molar-refractivity contribution in [3.8, 4) is 0 Å². The van der Waals surface area contributed by atoms with Crippen LogP contribution in [0.25, 0.3) is 20.9 Å². The van der Waals surface area contributed by atoms with E-state index in [0.29, 0.717) is 0 Å². The Kier molecular flexibility index (Phi) is 6.53. The quantitative estimate of drug-likeness (QED) is 0.339. The Morgan fingerprint density at radius 2 is 1.24 bits per heavy atom. The summed E-state index contributed by atoms with van der Waals surface area (Å²) in [5.74, 6) is 0. The maximum absolute atomic E-state index is 2.43. The molecule has 0 aliphatic rings. The molecule has 3 aromatic rings. The van der Waals surface area contributed by atoms with E-state index in [1.807, 2.05) is 11.3 Å². The van der Waals surface area contributed by atoms with Gasteiger partial charge in [-0.3, -0.25) is 0 Å². The standard InChI is InChI=1S/C24H32S/c1-4-5-6-7-8-9-10-11-12-23-16-22-15-20-13-18(2)19(3)14-21(20)17-24(22)25-23/h13-17H,4-12H2,1-3H3. The topological polar surface area (TPSA) is 0 Å². The molecule has 25 heavy (non-hydrogen) atoms. The molecule has 0 bridgehead atoms. The van der Waals surface area contributed by atoms with Crippen LogP contribution in [0.15, 0.2) is 30.3 Å². The van der Waals surface area contributed by atoms with E-state index in [0.717, 1.165) is 0 Å². The molecule has 0 aliphatic carbocycles. The van der Waals surface area contributed by atoms with E-state index in [1.165, 1.54) is 89.8 Å². The fourth-order valence-electron chi connectivity index (χ4n) is 3.68. The molecule has 0 unspecified atom stereocenters. The van der Waals surface area contributed by atoms with E-state index < -0.39 is 0 Å². The lowest BCUT2D eigenvalue weighted by Crippen LogP contribution is -1.83. The van der Waals surface area contributed by atoms with Gasteiger partial charge in [0.05, 0.1) is 0 Å². The second kappa shape index (κ2) is 8.85. The molecular formula is C24H32S. The maximum Gasteiger partial charge on any atom is 0.0352 e. The molecule has 3 rings (SSSR count). The molecule has 0 fully saturated rings. The largest absolute Gasteiger partial charge is 0.140 e. The highest BCUT2D eigenvalue weighted by Crippen LogP contribution is 2.32. The van der Waals surface area contributed by atoms with Gasteiger partial charge in [-0.2, -0.15) is 0 Å². The lowest BCUT2D eigenvalue weighted by Gasteiger charge is -2.04. The third-order valence-electron chi connectivity index (χ3n) is 5.42. The number of hydrogen-bond donors (Lipinski definition) is 0. The third-order valence-corrected chi connectivity index (χ3v) is 6.57. The minimum atomic E-state index is 1.25. The van der Waals surface area contributed by atoms with Crippen LogP contribution in [0.5, 0.6) is 0 Å². The molecule has 0 aliphatic heterocycles. The van der Waals surface area contributed by atoms with Crippen molar-refractivity contribution < 1.29 is 0 Å². The first-order chi connectivity index (χ1) is 12.2. The van der Waals surface area contributed by atoms with Crippen molar-refractivity contribution in [2.75, 3.05) is 0 Å². The number of rotatable bonds is 9.